The van der Waals surface area contributed by atoms with Crippen molar-refractivity contribution < 1.29 is 17.9 Å². The van der Waals surface area contributed by atoms with Gasteiger partial charge >= 0.3 is 0 Å². The number of anilines is 2. The van der Waals surface area contributed by atoms with Crippen LogP contribution in [0.1, 0.15) is 6.92 Å². The van der Waals surface area contributed by atoms with E-state index in [1.807, 2.05) is 0 Å². The molecule has 1 aliphatic heterocycles. The van der Waals surface area contributed by atoms with Gasteiger partial charge in [0.25, 0.3) is 15.9 Å². The number of amides is 1. The van der Waals surface area contributed by atoms with Gasteiger partial charge in [-0.3, -0.25) is 9.52 Å². The summed E-state index contributed by atoms with van der Waals surface area (Å²) in [4.78, 5) is 13.4. The third-order valence-corrected chi connectivity index (χ3v) is 6.09. The van der Waals surface area contributed by atoms with Crippen LogP contribution in [0.4, 0.5) is 11.4 Å². The first-order valence-corrected chi connectivity index (χ1v) is 8.89. The lowest BCUT2D eigenvalue weighted by Crippen LogP contribution is -2.41. The summed E-state index contributed by atoms with van der Waals surface area (Å²) in [6, 6.07) is 8.06. The van der Waals surface area contributed by atoms with Crippen LogP contribution < -0.4 is 14.4 Å². The van der Waals surface area contributed by atoms with Crippen molar-refractivity contribution in [1.82, 2.24) is 0 Å². The van der Waals surface area contributed by atoms with Gasteiger partial charge in [-0.05, 0) is 36.6 Å². The van der Waals surface area contributed by atoms with Gasteiger partial charge in [0, 0.05) is 7.05 Å². The number of nitrogens with one attached hydrogen (secondary N) is 1. The Labute approximate surface area is 132 Å². The number of hydrogen-bond donors (Lipinski definition) is 1. The van der Waals surface area contributed by atoms with E-state index in [9.17, 15) is 13.2 Å². The van der Waals surface area contributed by atoms with Gasteiger partial charge in [0.15, 0.2) is 6.10 Å². The van der Waals surface area contributed by atoms with E-state index in [0.29, 0.717) is 17.1 Å². The quantitative estimate of drug-likeness (QED) is 0.932. The first kappa shape index (κ1) is 14.9. The summed E-state index contributed by atoms with van der Waals surface area (Å²) in [5, 5.41) is 1.70. The van der Waals surface area contributed by atoms with E-state index in [1.165, 1.54) is 11.0 Å². The van der Waals surface area contributed by atoms with Crippen molar-refractivity contribution in [2.24, 2.45) is 0 Å². The number of sulfonamides is 1. The highest BCUT2D eigenvalue weighted by Gasteiger charge is 2.29. The molecule has 1 aromatic carbocycles. The zero-order valence-electron chi connectivity index (χ0n) is 11.9. The number of benzene rings is 1. The molecule has 22 heavy (non-hydrogen) atoms. The number of hydrogen-bond acceptors (Lipinski definition) is 5. The number of fused-ring (bicyclic) bond motifs is 1. The lowest BCUT2D eigenvalue weighted by Gasteiger charge is -2.30. The molecule has 1 aliphatic rings. The van der Waals surface area contributed by atoms with Crippen LogP contribution in [0, 0.1) is 0 Å². The molecule has 8 heteroatoms. The van der Waals surface area contributed by atoms with Crippen LogP contribution in [0.25, 0.3) is 0 Å². The first-order valence-electron chi connectivity index (χ1n) is 6.53. The summed E-state index contributed by atoms with van der Waals surface area (Å²) in [6.07, 6.45) is -0.550. The highest BCUT2D eigenvalue weighted by molar-refractivity contribution is 7.94. The molecule has 3 rings (SSSR count). The fraction of sp³-hybridized carbons (Fsp3) is 0.214. The highest BCUT2D eigenvalue weighted by Crippen LogP contribution is 2.36. The van der Waals surface area contributed by atoms with Crippen molar-refractivity contribution >= 4 is 38.6 Å². The molecule has 2 heterocycles. The molecule has 0 radical (unpaired) electrons. The Balaban J connectivity index is 1.93. The van der Waals surface area contributed by atoms with Crippen LogP contribution in [-0.4, -0.2) is 27.5 Å². The molecule has 0 saturated carbocycles. The van der Waals surface area contributed by atoms with Gasteiger partial charge < -0.3 is 9.64 Å². The number of rotatable bonds is 3. The summed E-state index contributed by atoms with van der Waals surface area (Å²) in [7, 11) is -1.98. The minimum atomic E-state index is -3.61. The molecule has 1 unspecified atom stereocenters. The van der Waals surface area contributed by atoms with Gasteiger partial charge in [0.2, 0.25) is 0 Å². The minimum Gasteiger partial charge on any atom is -0.479 e. The SMILES string of the molecule is CC1Oc2ccc(NS(=O)(=O)c3cccs3)cc2N(C)C1=O. The fourth-order valence-corrected chi connectivity index (χ4v) is 4.24. The maximum atomic E-state index is 12.2. The van der Waals surface area contributed by atoms with Crippen molar-refractivity contribution in [1.29, 1.82) is 0 Å². The second-order valence-corrected chi connectivity index (χ2v) is 7.73. The van der Waals surface area contributed by atoms with E-state index in [2.05, 4.69) is 4.72 Å². The smallest absolute Gasteiger partial charge is 0.271 e. The Kier molecular flexibility index (Phi) is 3.57. The third kappa shape index (κ3) is 2.55. The molecule has 0 saturated heterocycles. The number of ether oxygens (including phenoxy) is 1. The zero-order valence-corrected chi connectivity index (χ0v) is 13.6. The number of carbonyl (C=O) groups excluding carboxylic acids is 1. The number of nitrogens with zero attached hydrogens (tertiary/aromatic N) is 1. The molecule has 6 nitrogen and oxygen atoms in total. The average molecular weight is 338 g/mol. The molecule has 0 bridgehead atoms. The molecule has 1 aromatic heterocycles. The summed E-state index contributed by atoms with van der Waals surface area (Å²) in [5.41, 5.74) is 0.916. The zero-order chi connectivity index (χ0) is 15.9. The Morgan fingerprint density at radius 2 is 2.09 bits per heavy atom. The predicted molar refractivity (Wildman–Crippen MR) is 85.1 cm³/mol. The number of thiophene rings is 1. The maximum Gasteiger partial charge on any atom is 0.271 e. The van der Waals surface area contributed by atoms with Gasteiger partial charge in [0.1, 0.15) is 9.96 Å². The van der Waals surface area contributed by atoms with Crippen molar-refractivity contribution in [3.63, 3.8) is 0 Å². The summed E-state index contributed by atoms with van der Waals surface area (Å²) < 4.78 is 32.7. The van der Waals surface area contributed by atoms with Crippen molar-refractivity contribution in [2.75, 3.05) is 16.7 Å². The molecular weight excluding hydrogens is 324 g/mol. The van der Waals surface area contributed by atoms with Crippen molar-refractivity contribution in [3.8, 4) is 5.75 Å². The van der Waals surface area contributed by atoms with Crippen LogP contribution in [-0.2, 0) is 14.8 Å². The topological polar surface area (TPSA) is 75.7 Å². The second kappa shape index (κ2) is 5.29. The molecule has 1 N–H and O–H groups in total. The van der Waals surface area contributed by atoms with Crippen LogP contribution >= 0.6 is 11.3 Å². The number of carbonyl (C=O) groups is 1. The minimum absolute atomic E-state index is 0.175. The molecule has 116 valence electrons. The van der Waals surface area contributed by atoms with Gasteiger partial charge in [0.05, 0.1) is 11.4 Å². The Hall–Kier alpha value is -2.06. The Morgan fingerprint density at radius 3 is 2.77 bits per heavy atom. The molecule has 1 amide bonds. The summed E-state index contributed by atoms with van der Waals surface area (Å²) in [5.74, 6) is 0.374. The van der Waals surface area contributed by atoms with Gasteiger partial charge in [-0.25, -0.2) is 8.42 Å². The molecule has 1 atom stereocenters. The van der Waals surface area contributed by atoms with E-state index in [0.717, 1.165) is 11.3 Å². The fourth-order valence-electron chi connectivity index (χ4n) is 2.20. The van der Waals surface area contributed by atoms with Crippen LogP contribution in [0.3, 0.4) is 0 Å². The highest BCUT2D eigenvalue weighted by atomic mass is 32.2. The standard InChI is InChI=1S/C14H14N2O4S2/c1-9-14(17)16(2)11-8-10(5-6-12(11)20-9)15-22(18,19)13-4-3-7-21-13/h3-9,15H,1-2H3. The van der Waals surface area contributed by atoms with Crippen molar-refractivity contribution in [3.05, 3.63) is 35.7 Å². The van der Waals surface area contributed by atoms with Gasteiger partial charge in [-0.2, -0.15) is 0 Å². The lowest BCUT2D eigenvalue weighted by atomic mass is 10.2. The molecule has 2 aromatic rings. The maximum absolute atomic E-state index is 12.2. The van der Waals surface area contributed by atoms with E-state index >= 15 is 0 Å². The van der Waals surface area contributed by atoms with Crippen LogP contribution in [0.15, 0.2) is 39.9 Å². The second-order valence-electron chi connectivity index (χ2n) is 4.88. The average Bonchev–Trinajstić information content (AvgIpc) is 3.00. The summed E-state index contributed by atoms with van der Waals surface area (Å²) in [6.45, 7) is 1.68. The molecule has 0 fully saturated rings. The molecular formula is C14H14N2O4S2. The van der Waals surface area contributed by atoms with Crippen LogP contribution in [0.5, 0.6) is 5.75 Å². The van der Waals surface area contributed by atoms with E-state index in [1.54, 1.807) is 43.6 Å². The predicted octanol–water partition coefficient (Wildman–Crippen LogP) is 2.29. The van der Waals surface area contributed by atoms with Gasteiger partial charge in [-0.15, -0.1) is 11.3 Å². The first-order chi connectivity index (χ1) is 10.4. The van der Waals surface area contributed by atoms with Crippen molar-refractivity contribution in [2.45, 2.75) is 17.2 Å². The van der Waals surface area contributed by atoms with E-state index in [-0.39, 0.29) is 10.1 Å². The van der Waals surface area contributed by atoms with Crippen LogP contribution in [0.2, 0.25) is 0 Å². The number of likely N-dealkylation sites (N-methyl/N-ethyl adjacent to an activating group) is 1. The Morgan fingerprint density at radius 1 is 1.32 bits per heavy atom. The lowest BCUT2D eigenvalue weighted by molar-refractivity contribution is -0.125. The normalized spacial score (nSPS) is 17.8. The molecule has 0 spiro atoms. The molecule has 0 aliphatic carbocycles. The van der Waals surface area contributed by atoms with E-state index in [4.69, 9.17) is 4.74 Å². The largest absolute Gasteiger partial charge is 0.479 e. The Bertz CT molecular complexity index is 815. The monoisotopic (exact) mass is 338 g/mol. The van der Waals surface area contributed by atoms with Gasteiger partial charge in [-0.1, -0.05) is 6.07 Å². The third-order valence-electron chi connectivity index (χ3n) is 3.31. The van der Waals surface area contributed by atoms with E-state index < -0.39 is 16.1 Å². The summed E-state index contributed by atoms with van der Waals surface area (Å²) >= 11 is 1.14.